The Labute approximate surface area is 137 Å². The maximum atomic E-state index is 12.3. The lowest BCUT2D eigenvalue weighted by atomic mass is 10.1. The number of halogens is 2. The molecule has 4 nitrogen and oxygen atoms in total. The maximum absolute atomic E-state index is 12.3. The molecule has 1 unspecified atom stereocenters. The van der Waals surface area contributed by atoms with E-state index in [0.717, 1.165) is 16.6 Å². The van der Waals surface area contributed by atoms with Gasteiger partial charge in [-0.15, -0.1) is 24.8 Å². The zero-order valence-electron chi connectivity index (χ0n) is 12.1. The van der Waals surface area contributed by atoms with Gasteiger partial charge in [0.05, 0.1) is 11.1 Å². The summed E-state index contributed by atoms with van der Waals surface area (Å²) in [5.74, 6) is 0.208. The van der Waals surface area contributed by atoms with Crippen molar-refractivity contribution in [3.63, 3.8) is 0 Å². The lowest BCUT2D eigenvalue weighted by Gasteiger charge is -2.12. The highest BCUT2D eigenvalue weighted by atomic mass is 35.5. The number of fused-ring (bicyclic) bond motifs is 1. The first-order valence-corrected chi connectivity index (χ1v) is 6.46. The van der Waals surface area contributed by atoms with E-state index in [0.29, 0.717) is 18.7 Å². The number of para-hydroxylation sites is 1. The molecule has 21 heavy (non-hydrogen) atoms. The average molecular weight is 330 g/mol. The van der Waals surface area contributed by atoms with Gasteiger partial charge in [0, 0.05) is 17.6 Å². The third-order valence-corrected chi connectivity index (χ3v) is 3.10. The molecule has 0 radical (unpaired) electrons. The van der Waals surface area contributed by atoms with Gasteiger partial charge in [-0.05, 0) is 31.5 Å². The number of carbonyl (C=O) groups is 1. The Hall–Kier alpha value is -1.36. The van der Waals surface area contributed by atoms with Gasteiger partial charge in [0.15, 0.2) is 0 Å². The molecule has 2 aromatic rings. The van der Waals surface area contributed by atoms with Crippen LogP contribution in [0.1, 0.15) is 23.0 Å². The van der Waals surface area contributed by atoms with Crippen LogP contribution in [-0.2, 0) is 0 Å². The number of aryl methyl sites for hydroxylation is 1. The molecule has 0 fully saturated rings. The van der Waals surface area contributed by atoms with Crippen LogP contribution in [0, 0.1) is 12.8 Å². The molecule has 116 valence electrons. The van der Waals surface area contributed by atoms with Crippen LogP contribution in [0.3, 0.4) is 0 Å². The van der Waals surface area contributed by atoms with Crippen LogP contribution in [0.2, 0.25) is 0 Å². The van der Waals surface area contributed by atoms with E-state index in [1.54, 1.807) is 0 Å². The Morgan fingerprint density at radius 1 is 1.33 bits per heavy atom. The summed E-state index contributed by atoms with van der Waals surface area (Å²) in [5, 5.41) is 3.80. The predicted octanol–water partition coefficient (Wildman–Crippen LogP) is 2.71. The summed E-state index contributed by atoms with van der Waals surface area (Å²) in [7, 11) is 0. The summed E-state index contributed by atoms with van der Waals surface area (Å²) in [6.45, 7) is 5.06. The molecular weight excluding hydrogens is 309 g/mol. The molecule has 0 aliphatic rings. The Morgan fingerprint density at radius 3 is 2.67 bits per heavy atom. The van der Waals surface area contributed by atoms with Crippen molar-refractivity contribution < 1.29 is 4.79 Å². The van der Waals surface area contributed by atoms with Gasteiger partial charge >= 0.3 is 0 Å². The third-order valence-electron chi connectivity index (χ3n) is 3.10. The summed E-state index contributed by atoms with van der Waals surface area (Å²) >= 11 is 0. The number of hydrogen-bond acceptors (Lipinski definition) is 3. The number of pyridine rings is 1. The first-order chi connectivity index (χ1) is 9.11. The van der Waals surface area contributed by atoms with Gasteiger partial charge in [-0.1, -0.05) is 25.1 Å². The van der Waals surface area contributed by atoms with Crippen LogP contribution in [0.25, 0.3) is 10.9 Å². The maximum Gasteiger partial charge on any atom is 0.252 e. The summed E-state index contributed by atoms with van der Waals surface area (Å²) < 4.78 is 0. The Balaban J connectivity index is 0.00000200. The molecule has 1 aromatic heterocycles. The normalized spacial score (nSPS) is 11.2. The van der Waals surface area contributed by atoms with Crippen LogP contribution in [-0.4, -0.2) is 24.0 Å². The van der Waals surface area contributed by atoms with Gasteiger partial charge in [0.1, 0.15) is 0 Å². The van der Waals surface area contributed by atoms with Crippen LogP contribution in [0.15, 0.2) is 30.3 Å². The molecule has 1 heterocycles. The Bertz CT molecular complexity index is 604. The molecular formula is C15H21Cl2N3O. The van der Waals surface area contributed by atoms with Gasteiger partial charge in [-0.25, -0.2) is 0 Å². The van der Waals surface area contributed by atoms with Gasteiger partial charge in [0.25, 0.3) is 5.91 Å². The monoisotopic (exact) mass is 329 g/mol. The molecule has 1 aromatic carbocycles. The summed E-state index contributed by atoms with van der Waals surface area (Å²) in [4.78, 5) is 16.7. The van der Waals surface area contributed by atoms with E-state index in [4.69, 9.17) is 5.73 Å². The SMILES string of the molecule is Cc1cc(C(=O)NCC(C)CN)c2ccccc2n1.Cl.Cl. The van der Waals surface area contributed by atoms with Crippen molar-refractivity contribution in [1.82, 2.24) is 10.3 Å². The van der Waals surface area contributed by atoms with Gasteiger partial charge in [-0.2, -0.15) is 0 Å². The van der Waals surface area contributed by atoms with Crippen LogP contribution < -0.4 is 11.1 Å². The topological polar surface area (TPSA) is 68.0 Å². The van der Waals surface area contributed by atoms with Crippen molar-refractivity contribution in [1.29, 1.82) is 0 Å². The Kier molecular flexibility index (Phi) is 8.25. The van der Waals surface area contributed by atoms with Crippen molar-refractivity contribution in [2.45, 2.75) is 13.8 Å². The molecule has 2 rings (SSSR count). The first kappa shape index (κ1) is 19.6. The van der Waals surface area contributed by atoms with Crippen LogP contribution >= 0.6 is 24.8 Å². The summed E-state index contributed by atoms with van der Waals surface area (Å²) in [6.07, 6.45) is 0. The van der Waals surface area contributed by atoms with Gasteiger partial charge < -0.3 is 11.1 Å². The minimum absolute atomic E-state index is 0. The minimum atomic E-state index is -0.0676. The molecule has 1 amide bonds. The molecule has 0 saturated heterocycles. The van der Waals surface area contributed by atoms with Crippen LogP contribution in [0.4, 0.5) is 0 Å². The number of aromatic nitrogens is 1. The highest BCUT2D eigenvalue weighted by Gasteiger charge is 2.12. The Morgan fingerprint density at radius 2 is 2.00 bits per heavy atom. The van der Waals surface area contributed by atoms with E-state index in [2.05, 4.69) is 10.3 Å². The second-order valence-electron chi connectivity index (χ2n) is 4.88. The molecule has 0 spiro atoms. The molecule has 0 bridgehead atoms. The van der Waals surface area contributed by atoms with Gasteiger partial charge in [-0.3, -0.25) is 9.78 Å². The van der Waals surface area contributed by atoms with Crippen molar-refractivity contribution >= 4 is 41.6 Å². The first-order valence-electron chi connectivity index (χ1n) is 6.46. The van der Waals surface area contributed by atoms with Crippen molar-refractivity contribution in [3.05, 3.63) is 41.6 Å². The zero-order valence-corrected chi connectivity index (χ0v) is 13.8. The molecule has 0 saturated carbocycles. The summed E-state index contributed by atoms with van der Waals surface area (Å²) in [6, 6.07) is 9.50. The smallest absolute Gasteiger partial charge is 0.252 e. The fraction of sp³-hybridized carbons (Fsp3) is 0.333. The number of benzene rings is 1. The largest absolute Gasteiger partial charge is 0.352 e. The number of hydrogen-bond donors (Lipinski definition) is 2. The zero-order chi connectivity index (χ0) is 13.8. The van der Waals surface area contributed by atoms with E-state index in [1.807, 2.05) is 44.2 Å². The van der Waals surface area contributed by atoms with Crippen LogP contribution in [0.5, 0.6) is 0 Å². The number of nitrogens with one attached hydrogen (secondary N) is 1. The van der Waals surface area contributed by atoms with Crippen molar-refractivity contribution in [2.75, 3.05) is 13.1 Å². The fourth-order valence-electron chi connectivity index (χ4n) is 1.94. The molecule has 1 atom stereocenters. The predicted molar refractivity (Wildman–Crippen MR) is 91.5 cm³/mol. The van der Waals surface area contributed by atoms with E-state index in [9.17, 15) is 4.79 Å². The van der Waals surface area contributed by atoms with E-state index in [1.165, 1.54) is 0 Å². The standard InChI is InChI=1S/C15H19N3O.2ClH/c1-10(8-16)9-17-15(19)13-7-11(2)18-14-6-4-3-5-12(13)14;;/h3-7,10H,8-9,16H2,1-2H3,(H,17,19);2*1H. The number of carbonyl (C=O) groups excluding carboxylic acids is 1. The van der Waals surface area contributed by atoms with E-state index < -0.39 is 0 Å². The van der Waals surface area contributed by atoms with Crippen molar-refractivity contribution in [3.8, 4) is 0 Å². The molecule has 6 heteroatoms. The molecule has 3 N–H and O–H groups in total. The second kappa shape index (κ2) is 8.82. The lowest BCUT2D eigenvalue weighted by Crippen LogP contribution is -2.31. The van der Waals surface area contributed by atoms with Gasteiger partial charge in [0.2, 0.25) is 0 Å². The minimum Gasteiger partial charge on any atom is -0.352 e. The highest BCUT2D eigenvalue weighted by molar-refractivity contribution is 6.06. The number of nitrogens with zero attached hydrogens (tertiary/aromatic N) is 1. The number of amides is 1. The second-order valence-corrected chi connectivity index (χ2v) is 4.88. The molecule has 0 aliphatic carbocycles. The third kappa shape index (κ3) is 4.84. The van der Waals surface area contributed by atoms with E-state index in [-0.39, 0.29) is 36.6 Å². The van der Waals surface area contributed by atoms with E-state index >= 15 is 0 Å². The van der Waals surface area contributed by atoms with Crippen molar-refractivity contribution in [2.24, 2.45) is 11.7 Å². The number of nitrogens with two attached hydrogens (primary N) is 1. The quantitative estimate of drug-likeness (QED) is 0.906. The fourth-order valence-corrected chi connectivity index (χ4v) is 1.94. The highest BCUT2D eigenvalue weighted by Crippen LogP contribution is 2.18. The molecule has 0 aliphatic heterocycles. The number of rotatable bonds is 4. The lowest BCUT2D eigenvalue weighted by molar-refractivity contribution is 0.0950. The average Bonchev–Trinajstić information content (AvgIpc) is 2.43. The summed E-state index contributed by atoms with van der Waals surface area (Å²) in [5.41, 5.74) is 7.91.